The zero-order chi connectivity index (χ0) is 13.5. The molecule has 98 valence electrons. The van der Waals surface area contributed by atoms with Gasteiger partial charge in [0.05, 0.1) is 13.5 Å². The van der Waals surface area contributed by atoms with Gasteiger partial charge in [0.2, 0.25) is 0 Å². The molecule has 0 N–H and O–H groups in total. The zero-order valence-corrected chi connectivity index (χ0v) is 10.8. The van der Waals surface area contributed by atoms with Crippen LogP contribution in [0.1, 0.15) is 12.0 Å². The molecule has 0 aliphatic heterocycles. The Morgan fingerprint density at radius 2 is 1.68 bits per heavy atom. The predicted octanol–water partition coefficient (Wildman–Crippen LogP) is 3.23. The van der Waals surface area contributed by atoms with Crippen LogP contribution in [0.5, 0.6) is 11.5 Å². The van der Waals surface area contributed by atoms with Crippen LogP contribution >= 0.6 is 0 Å². The summed E-state index contributed by atoms with van der Waals surface area (Å²) >= 11 is 0. The molecule has 0 saturated heterocycles. The number of esters is 1. The highest BCUT2D eigenvalue weighted by atomic mass is 16.5. The Morgan fingerprint density at radius 1 is 1.00 bits per heavy atom. The monoisotopic (exact) mass is 256 g/mol. The molecule has 0 atom stereocenters. The van der Waals surface area contributed by atoms with Gasteiger partial charge in [0, 0.05) is 0 Å². The Bertz CT molecular complexity index is 535. The smallest absolute Gasteiger partial charge is 0.311 e. The molecule has 19 heavy (non-hydrogen) atoms. The van der Waals surface area contributed by atoms with Gasteiger partial charge in [0.25, 0.3) is 0 Å². The van der Waals surface area contributed by atoms with Crippen molar-refractivity contribution in [1.29, 1.82) is 0 Å². The van der Waals surface area contributed by atoms with Crippen LogP contribution in [0, 0.1) is 0 Å². The largest absolute Gasteiger partial charge is 0.496 e. The van der Waals surface area contributed by atoms with Crippen LogP contribution in [0.2, 0.25) is 0 Å². The van der Waals surface area contributed by atoms with E-state index in [2.05, 4.69) is 0 Å². The lowest BCUT2D eigenvalue weighted by Crippen LogP contribution is -2.09. The molecule has 0 aliphatic carbocycles. The van der Waals surface area contributed by atoms with Crippen LogP contribution in [0.15, 0.2) is 54.6 Å². The van der Waals surface area contributed by atoms with Crippen molar-refractivity contribution < 1.29 is 14.3 Å². The van der Waals surface area contributed by atoms with E-state index in [4.69, 9.17) is 9.47 Å². The molecule has 0 saturated carbocycles. The van der Waals surface area contributed by atoms with Crippen LogP contribution in [-0.2, 0) is 11.2 Å². The summed E-state index contributed by atoms with van der Waals surface area (Å²) in [6.45, 7) is 0. The summed E-state index contributed by atoms with van der Waals surface area (Å²) in [5.74, 6) is 1.14. The first-order valence-corrected chi connectivity index (χ1v) is 6.17. The lowest BCUT2D eigenvalue weighted by atomic mass is 10.1. The van der Waals surface area contributed by atoms with Gasteiger partial charge < -0.3 is 9.47 Å². The lowest BCUT2D eigenvalue weighted by molar-refractivity contribution is -0.134. The number of hydrogen-bond donors (Lipinski definition) is 0. The van der Waals surface area contributed by atoms with Gasteiger partial charge in [-0.15, -0.1) is 0 Å². The van der Waals surface area contributed by atoms with Crippen molar-refractivity contribution in [3.05, 3.63) is 60.2 Å². The Balaban J connectivity index is 1.90. The first kappa shape index (κ1) is 13.1. The Hall–Kier alpha value is -2.29. The highest BCUT2D eigenvalue weighted by molar-refractivity contribution is 5.72. The first-order chi connectivity index (χ1) is 9.29. The van der Waals surface area contributed by atoms with E-state index in [1.165, 1.54) is 0 Å². The second-order valence-corrected chi connectivity index (χ2v) is 4.10. The van der Waals surface area contributed by atoms with E-state index in [0.29, 0.717) is 18.6 Å². The van der Waals surface area contributed by atoms with Crippen LogP contribution in [0.25, 0.3) is 0 Å². The van der Waals surface area contributed by atoms with Crippen molar-refractivity contribution in [2.24, 2.45) is 0 Å². The van der Waals surface area contributed by atoms with Gasteiger partial charge in [-0.1, -0.05) is 36.4 Å². The minimum absolute atomic E-state index is 0.239. The third kappa shape index (κ3) is 3.85. The molecule has 0 unspecified atom stereocenters. The fraction of sp³-hybridized carbons (Fsp3) is 0.188. The lowest BCUT2D eigenvalue weighted by Gasteiger charge is -2.08. The number of carbonyl (C=O) groups excluding carboxylic acids is 1. The Kier molecular flexibility index (Phi) is 4.56. The number of ether oxygens (including phenoxy) is 2. The van der Waals surface area contributed by atoms with E-state index in [-0.39, 0.29) is 5.97 Å². The maximum Gasteiger partial charge on any atom is 0.311 e. The van der Waals surface area contributed by atoms with Crippen molar-refractivity contribution in [1.82, 2.24) is 0 Å². The van der Waals surface area contributed by atoms with E-state index in [1.807, 2.05) is 42.5 Å². The topological polar surface area (TPSA) is 35.5 Å². The molecule has 2 aromatic carbocycles. The molecule has 0 heterocycles. The maximum atomic E-state index is 11.7. The van der Waals surface area contributed by atoms with E-state index in [9.17, 15) is 4.79 Å². The van der Waals surface area contributed by atoms with E-state index < -0.39 is 0 Å². The number of aryl methyl sites for hydroxylation is 1. The third-order valence-electron chi connectivity index (χ3n) is 2.77. The number of methoxy groups -OCH3 is 1. The summed E-state index contributed by atoms with van der Waals surface area (Å²) in [4.78, 5) is 11.7. The molecule has 2 rings (SSSR count). The number of para-hydroxylation sites is 2. The van der Waals surface area contributed by atoms with Gasteiger partial charge >= 0.3 is 5.97 Å². The van der Waals surface area contributed by atoms with Gasteiger partial charge in [-0.2, -0.15) is 0 Å². The molecule has 0 fully saturated rings. The third-order valence-corrected chi connectivity index (χ3v) is 2.77. The molecular formula is C16H16O3. The number of rotatable bonds is 5. The van der Waals surface area contributed by atoms with Crippen molar-refractivity contribution in [2.45, 2.75) is 12.8 Å². The molecule has 0 aliphatic rings. The van der Waals surface area contributed by atoms with Gasteiger partial charge in [-0.3, -0.25) is 4.79 Å². The standard InChI is InChI=1S/C16H16O3/c1-18-15-10-6-5-7-13(15)11-12-16(17)19-14-8-3-2-4-9-14/h2-10H,11-12H2,1H3. The second kappa shape index (κ2) is 6.59. The van der Waals surface area contributed by atoms with Crippen LogP contribution in [0.4, 0.5) is 0 Å². The molecule has 0 amide bonds. The molecule has 0 radical (unpaired) electrons. The summed E-state index contributed by atoms with van der Waals surface area (Å²) < 4.78 is 10.5. The average molecular weight is 256 g/mol. The summed E-state index contributed by atoms with van der Waals surface area (Å²) in [5.41, 5.74) is 1.01. The van der Waals surface area contributed by atoms with Crippen molar-refractivity contribution in [3.63, 3.8) is 0 Å². The zero-order valence-electron chi connectivity index (χ0n) is 10.8. The summed E-state index contributed by atoms with van der Waals surface area (Å²) in [5, 5.41) is 0. The van der Waals surface area contributed by atoms with Crippen molar-refractivity contribution in [2.75, 3.05) is 7.11 Å². The summed E-state index contributed by atoms with van der Waals surface area (Å²) in [7, 11) is 1.63. The molecule has 0 spiro atoms. The van der Waals surface area contributed by atoms with Crippen LogP contribution in [-0.4, -0.2) is 13.1 Å². The minimum Gasteiger partial charge on any atom is -0.496 e. The summed E-state index contributed by atoms with van der Waals surface area (Å²) in [6, 6.07) is 16.8. The van der Waals surface area contributed by atoms with E-state index in [0.717, 1.165) is 11.3 Å². The second-order valence-electron chi connectivity index (χ2n) is 4.10. The minimum atomic E-state index is -0.239. The van der Waals surface area contributed by atoms with Crippen molar-refractivity contribution >= 4 is 5.97 Å². The summed E-state index contributed by atoms with van der Waals surface area (Å²) in [6.07, 6.45) is 0.935. The van der Waals surface area contributed by atoms with Gasteiger partial charge in [0.15, 0.2) is 0 Å². The number of hydrogen-bond acceptors (Lipinski definition) is 3. The Morgan fingerprint density at radius 3 is 2.42 bits per heavy atom. The first-order valence-electron chi connectivity index (χ1n) is 6.17. The van der Waals surface area contributed by atoms with Gasteiger partial charge in [-0.25, -0.2) is 0 Å². The highest BCUT2D eigenvalue weighted by Gasteiger charge is 2.07. The molecule has 0 aromatic heterocycles. The molecular weight excluding hydrogens is 240 g/mol. The fourth-order valence-corrected chi connectivity index (χ4v) is 1.82. The number of carbonyl (C=O) groups is 1. The van der Waals surface area contributed by atoms with Gasteiger partial charge in [-0.05, 0) is 30.2 Å². The molecule has 2 aromatic rings. The molecule has 0 bridgehead atoms. The quantitative estimate of drug-likeness (QED) is 0.608. The van der Waals surface area contributed by atoms with Crippen molar-refractivity contribution in [3.8, 4) is 11.5 Å². The maximum absolute atomic E-state index is 11.7. The average Bonchev–Trinajstić information content (AvgIpc) is 2.46. The Labute approximate surface area is 112 Å². The van der Waals surface area contributed by atoms with Crippen LogP contribution in [0.3, 0.4) is 0 Å². The van der Waals surface area contributed by atoms with Crippen LogP contribution < -0.4 is 9.47 Å². The predicted molar refractivity (Wildman–Crippen MR) is 73.4 cm³/mol. The van der Waals surface area contributed by atoms with E-state index in [1.54, 1.807) is 19.2 Å². The SMILES string of the molecule is COc1ccccc1CCC(=O)Oc1ccccc1. The molecule has 3 heteroatoms. The highest BCUT2D eigenvalue weighted by Crippen LogP contribution is 2.19. The van der Waals surface area contributed by atoms with E-state index >= 15 is 0 Å². The van der Waals surface area contributed by atoms with Gasteiger partial charge in [0.1, 0.15) is 11.5 Å². The fourth-order valence-electron chi connectivity index (χ4n) is 1.82. The molecule has 3 nitrogen and oxygen atoms in total. The normalized spacial score (nSPS) is 9.95. The number of benzene rings is 2.